The van der Waals surface area contributed by atoms with Crippen LogP contribution >= 0.6 is 0 Å². The van der Waals surface area contributed by atoms with Crippen molar-refractivity contribution in [2.75, 3.05) is 25.5 Å². The number of nitrogens with one attached hydrogen (secondary N) is 1. The Labute approximate surface area is 136 Å². The van der Waals surface area contributed by atoms with Crippen molar-refractivity contribution in [2.24, 2.45) is 5.14 Å². The Balaban J connectivity index is 2.13. The summed E-state index contributed by atoms with van der Waals surface area (Å²) < 4.78 is 28.1. The number of methoxy groups -OCH3 is 1. The highest BCUT2D eigenvalue weighted by Gasteiger charge is 2.25. The summed E-state index contributed by atoms with van der Waals surface area (Å²) >= 11 is 0. The van der Waals surface area contributed by atoms with Gasteiger partial charge in [-0.15, -0.1) is 0 Å². The Morgan fingerprint density at radius 1 is 1.48 bits per heavy atom. The van der Waals surface area contributed by atoms with Gasteiger partial charge in [0.05, 0.1) is 17.7 Å². The molecule has 0 radical (unpaired) electrons. The molecule has 3 N–H and O–H groups in total. The highest BCUT2D eigenvalue weighted by atomic mass is 32.2. The summed E-state index contributed by atoms with van der Waals surface area (Å²) in [6, 6.07) is 4.37. The molecular formula is C15H23N3O4S. The first-order valence-corrected chi connectivity index (χ1v) is 9.14. The molecule has 1 aromatic rings. The average Bonchev–Trinajstić information content (AvgIpc) is 2.93. The van der Waals surface area contributed by atoms with E-state index in [-0.39, 0.29) is 16.8 Å². The molecule has 1 atom stereocenters. The van der Waals surface area contributed by atoms with Crippen molar-refractivity contribution in [3.05, 3.63) is 18.2 Å². The van der Waals surface area contributed by atoms with E-state index in [0.29, 0.717) is 17.9 Å². The van der Waals surface area contributed by atoms with Gasteiger partial charge >= 0.3 is 0 Å². The van der Waals surface area contributed by atoms with Crippen molar-refractivity contribution in [3.63, 3.8) is 0 Å². The van der Waals surface area contributed by atoms with Gasteiger partial charge in [0, 0.05) is 12.5 Å². The van der Waals surface area contributed by atoms with Gasteiger partial charge in [-0.2, -0.15) is 0 Å². The van der Waals surface area contributed by atoms with Gasteiger partial charge < -0.3 is 15.0 Å². The van der Waals surface area contributed by atoms with E-state index in [1.54, 1.807) is 0 Å². The lowest BCUT2D eigenvalue weighted by Gasteiger charge is -2.22. The normalized spacial score (nSPS) is 18.8. The number of nitrogens with zero attached hydrogens (tertiary/aromatic N) is 1. The first-order chi connectivity index (χ1) is 10.8. The summed E-state index contributed by atoms with van der Waals surface area (Å²) in [5.74, 6) is 0.227. The number of nitrogens with two attached hydrogens (primary N) is 1. The molecule has 0 spiro atoms. The molecule has 0 aromatic heterocycles. The van der Waals surface area contributed by atoms with Crippen molar-refractivity contribution in [1.82, 2.24) is 4.90 Å². The van der Waals surface area contributed by atoms with Gasteiger partial charge in [-0.25, -0.2) is 13.6 Å². The standard InChI is InChI=1S/C15H23N3O4S/c1-3-18-8-4-5-11(18)9-15(19)17-13-10-12(23(16,20)21)6-7-14(13)22-2/h6-7,10-11H,3-5,8-9H2,1-2H3,(H,17,19)(H2,16,20,21). The minimum Gasteiger partial charge on any atom is -0.495 e. The van der Waals surface area contributed by atoms with E-state index in [4.69, 9.17) is 9.88 Å². The van der Waals surface area contributed by atoms with E-state index >= 15 is 0 Å². The zero-order valence-electron chi connectivity index (χ0n) is 13.4. The summed E-state index contributed by atoms with van der Waals surface area (Å²) in [6.07, 6.45) is 2.46. The van der Waals surface area contributed by atoms with Crippen LogP contribution in [0.2, 0.25) is 0 Å². The number of ether oxygens (including phenoxy) is 1. The second kappa shape index (κ2) is 7.29. The number of primary sulfonamides is 1. The predicted octanol–water partition coefficient (Wildman–Crippen LogP) is 1.16. The number of amides is 1. The fourth-order valence-electron chi connectivity index (χ4n) is 2.92. The number of sulfonamides is 1. The molecule has 1 heterocycles. The fourth-order valence-corrected chi connectivity index (χ4v) is 3.46. The van der Waals surface area contributed by atoms with Crippen molar-refractivity contribution in [3.8, 4) is 5.75 Å². The number of likely N-dealkylation sites (tertiary alicyclic amines) is 1. The molecular weight excluding hydrogens is 318 g/mol. The Bertz CT molecular complexity index is 675. The third kappa shape index (κ3) is 4.43. The van der Waals surface area contributed by atoms with E-state index in [9.17, 15) is 13.2 Å². The molecule has 1 aliphatic rings. The lowest BCUT2D eigenvalue weighted by Crippen LogP contribution is -2.32. The Morgan fingerprint density at radius 2 is 2.22 bits per heavy atom. The van der Waals surface area contributed by atoms with Gasteiger partial charge in [0.25, 0.3) is 0 Å². The van der Waals surface area contributed by atoms with Crippen LogP contribution in [0.3, 0.4) is 0 Å². The van der Waals surface area contributed by atoms with Crippen molar-refractivity contribution < 1.29 is 17.9 Å². The summed E-state index contributed by atoms with van der Waals surface area (Å²) in [7, 11) is -2.38. The predicted molar refractivity (Wildman–Crippen MR) is 87.9 cm³/mol. The molecule has 1 aliphatic heterocycles. The van der Waals surface area contributed by atoms with E-state index in [0.717, 1.165) is 25.9 Å². The molecule has 1 saturated heterocycles. The van der Waals surface area contributed by atoms with E-state index < -0.39 is 10.0 Å². The number of rotatable bonds is 6. The fraction of sp³-hybridized carbons (Fsp3) is 0.533. The maximum absolute atomic E-state index is 12.3. The molecule has 7 nitrogen and oxygen atoms in total. The van der Waals surface area contributed by atoms with Gasteiger partial charge in [0.2, 0.25) is 15.9 Å². The van der Waals surface area contributed by atoms with Gasteiger partial charge in [-0.3, -0.25) is 4.79 Å². The third-order valence-electron chi connectivity index (χ3n) is 4.10. The molecule has 1 fully saturated rings. The molecule has 0 bridgehead atoms. The van der Waals surface area contributed by atoms with Crippen LogP contribution in [0.1, 0.15) is 26.2 Å². The van der Waals surface area contributed by atoms with Crippen LogP contribution in [0.25, 0.3) is 0 Å². The van der Waals surface area contributed by atoms with Crippen LogP contribution < -0.4 is 15.2 Å². The zero-order valence-corrected chi connectivity index (χ0v) is 14.2. The maximum Gasteiger partial charge on any atom is 0.238 e. The summed E-state index contributed by atoms with van der Waals surface area (Å²) in [5, 5.41) is 7.86. The van der Waals surface area contributed by atoms with Crippen LogP contribution in [-0.4, -0.2) is 45.5 Å². The lowest BCUT2D eigenvalue weighted by molar-refractivity contribution is -0.117. The number of hydrogen-bond donors (Lipinski definition) is 2. The first-order valence-electron chi connectivity index (χ1n) is 7.60. The molecule has 128 valence electrons. The summed E-state index contributed by atoms with van der Waals surface area (Å²) in [6.45, 7) is 4.01. The summed E-state index contributed by atoms with van der Waals surface area (Å²) in [5.41, 5.74) is 0.310. The minimum atomic E-state index is -3.84. The highest BCUT2D eigenvalue weighted by Crippen LogP contribution is 2.28. The quantitative estimate of drug-likeness (QED) is 0.808. The van der Waals surface area contributed by atoms with Gasteiger partial charge in [0.15, 0.2) is 0 Å². The number of anilines is 1. The zero-order chi connectivity index (χ0) is 17.0. The van der Waals surface area contributed by atoms with E-state index in [1.165, 1.54) is 25.3 Å². The average molecular weight is 341 g/mol. The first kappa shape index (κ1) is 17.7. The third-order valence-corrected chi connectivity index (χ3v) is 5.01. The van der Waals surface area contributed by atoms with E-state index in [2.05, 4.69) is 17.1 Å². The Kier molecular flexibility index (Phi) is 5.61. The number of benzene rings is 1. The van der Waals surface area contributed by atoms with Crippen LogP contribution in [-0.2, 0) is 14.8 Å². The van der Waals surface area contributed by atoms with Crippen LogP contribution in [0.4, 0.5) is 5.69 Å². The van der Waals surface area contributed by atoms with Crippen molar-refractivity contribution in [2.45, 2.75) is 37.1 Å². The Hall–Kier alpha value is -1.64. The monoisotopic (exact) mass is 341 g/mol. The van der Waals surface area contributed by atoms with E-state index in [1.807, 2.05) is 0 Å². The molecule has 8 heteroatoms. The summed E-state index contributed by atoms with van der Waals surface area (Å²) in [4.78, 5) is 14.5. The van der Waals surface area contributed by atoms with Crippen molar-refractivity contribution in [1.29, 1.82) is 0 Å². The van der Waals surface area contributed by atoms with Crippen LogP contribution in [0.5, 0.6) is 5.75 Å². The SMILES string of the molecule is CCN1CCCC1CC(=O)Nc1cc(S(N)(=O)=O)ccc1OC. The molecule has 0 saturated carbocycles. The molecule has 1 amide bonds. The number of carbonyl (C=O) groups is 1. The van der Waals surface area contributed by atoms with Crippen LogP contribution in [0.15, 0.2) is 23.1 Å². The lowest BCUT2D eigenvalue weighted by atomic mass is 10.1. The highest BCUT2D eigenvalue weighted by molar-refractivity contribution is 7.89. The molecule has 1 aromatic carbocycles. The smallest absolute Gasteiger partial charge is 0.238 e. The second-order valence-electron chi connectivity index (χ2n) is 5.58. The van der Waals surface area contributed by atoms with Crippen molar-refractivity contribution >= 4 is 21.6 Å². The molecule has 2 rings (SSSR count). The number of carbonyl (C=O) groups excluding carboxylic acids is 1. The Morgan fingerprint density at radius 3 is 2.83 bits per heavy atom. The van der Waals surface area contributed by atoms with Gasteiger partial charge in [-0.1, -0.05) is 6.92 Å². The maximum atomic E-state index is 12.3. The number of hydrogen-bond acceptors (Lipinski definition) is 5. The molecule has 23 heavy (non-hydrogen) atoms. The molecule has 1 unspecified atom stereocenters. The topological polar surface area (TPSA) is 102 Å². The second-order valence-corrected chi connectivity index (χ2v) is 7.15. The van der Waals surface area contributed by atoms with Crippen LogP contribution in [0, 0.1) is 0 Å². The molecule has 0 aliphatic carbocycles. The minimum absolute atomic E-state index is 0.0651. The van der Waals surface area contributed by atoms with Gasteiger partial charge in [0.1, 0.15) is 5.75 Å². The largest absolute Gasteiger partial charge is 0.495 e. The van der Waals surface area contributed by atoms with Gasteiger partial charge in [-0.05, 0) is 44.1 Å².